The number of aromatic nitrogens is 2. The topological polar surface area (TPSA) is 60.9 Å². The third kappa shape index (κ3) is 3.19. The lowest BCUT2D eigenvalue weighted by atomic mass is 10.0. The second-order valence-electron chi connectivity index (χ2n) is 6.05. The van der Waals surface area contributed by atoms with Crippen molar-refractivity contribution in [1.29, 1.82) is 0 Å². The maximum absolute atomic E-state index is 14.7. The molecule has 4 aromatic rings. The zero-order valence-corrected chi connectivity index (χ0v) is 17.4. The molecule has 0 bridgehead atoms. The van der Waals surface area contributed by atoms with E-state index in [2.05, 4.69) is 27.0 Å². The van der Waals surface area contributed by atoms with Crippen LogP contribution < -0.4 is 5.73 Å². The number of hydrogen-bond donors (Lipinski definition) is 1. The number of nitrogens with two attached hydrogens (primary N) is 1. The molecule has 29 heavy (non-hydrogen) atoms. The zero-order chi connectivity index (χ0) is 20.9. The molecule has 1 radical (unpaired) electrons. The first kappa shape index (κ1) is 19.8. The Morgan fingerprint density at radius 2 is 1.83 bits per heavy atom. The number of pyridine rings is 1. The maximum Gasteiger partial charge on any atom is 0.266 e. The average molecular weight is 496 g/mol. The van der Waals surface area contributed by atoms with Gasteiger partial charge in [0.1, 0.15) is 11.5 Å². The van der Waals surface area contributed by atoms with E-state index in [1.807, 2.05) is 0 Å². The van der Waals surface area contributed by atoms with Gasteiger partial charge in [0, 0.05) is 33.9 Å². The number of carbonyl (C=O) groups excluding carboxylic acids is 1. The van der Waals surface area contributed by atoms with Gasteiger partial charge in [0.05, 0.1) is 26.9 Å². The van der Waals surface area contributed by atoms with Crippen molar-refractivity contribution < 1.29 is 13.6 Å². The van der Waals surface area contributed by atoms with Crippen molar-refractivity contribution in [2.75, 3.05) is 5.73 Å². The Morgan fingerprint density at radius 3 is 2.52 bits per heavy atom. The van der Waals surface area contributed by atoms with Crippen molar-refractivity contribution in [3.8, 4) is 11.1 Å². The highest BCUT2D eigenvalue weighted by Crippen LogP contribution is 2.39. The third-order valence-corrected chi connectivity index (χ3v) is 5.58. The van der Waals surface area contributed by atoms with E-state index in [0.717, 1.165) is 12.1 Å². The summed E-state index contributed by atoms with van der Waals surface area (Å²) in [6.45, 7) is 0. The average Bonchev–Trinajstić information content (AvgIpc) is 3.10. The number of halogens is 5. The van der Waals surface area contributed by atoms with E-state index >= 15 is 0 Å². The van der Waals surface area contributed by atoms with E-state index in [9.17, 15) is 13.6 Å². The summed E-state index contributed by atoms with van der Waals surface area (Å²) in [6, 6.07) is 9.73. The zero-order valence-electron chi connectivity index (χ0n) is 14.3. The van der Waals surface area contributed by atoms with Gasteiger partial charge in [-0.25, -0.2) is 13.8 Å². The van der Waals surface area contributed by atoms with Crippen LogP contribution in [-0.2, 0) is 0 Å². The van der Waals surface area contributed by atoms with E-state index in [-0.39, 0.29) is 43.5 Å². The minimum absolute atomic E-state index is 0.0781. The van der Waals surface area contributed by atoms with Crippen molar-refractivity contribution in [2.24, 2.45) is 0 Å². The van der Waals surface area contributed by atoms with E-state index < -0.39 is 17.5 Å². The van der Waals surface area contributed by atoms with E-state index in [4.69, 9.17) is 28.9 Å². The molecule has 2 heterocycles. The summed E-state index contributed by atoms with van der Waals surface area (Å²) < 4.78 is 30.6. The Kier molecular flexibility index (Phi) is 5.06. The van der Waals surface area contributed by atoms with E-state index in [1.54, 1.807) is 6.07 Å². The Hall–Kier alpha value is -2.48. The molecule has 9 heteroatoms. The Labute approximate surface area is 182 Å². The molecule has 2 aromatic carbocycles. The molecule has 0 fully saturated rings. The largest absolute Gasteiger partial charge is 0.396 e. The SMILES string of the molecule is Nc1ccc(F)c(-c2c(Br)cnc3c2[c]cn3C(=O)c2c(Cl)cccc2Cl)c1F. The van der Waals surface area contributed by atoms with Gasteiger partial charge in [0.15, 0.2) is 5.82 Å². The fourth-order valence-electron chi connectivity index (χ4n) is 3.01. The molecule has 0 aliphatic heterocycles. The number of nitrogen functional groups attached to an aromatic ring is 1. The number of benzene rings is 2. The standard InChI is InChI=1S/C20H9BrCl2F2N3O/c21-10-8-27-19-9(15(10)17-13(24)4-5-14(26)18(17)25)6-7-28(19)20(29)16-11(22)2-1-3-12(16)23/h1-5,7-8H,26H2. The molecule has 4 rings (SSSR count). The lowest BCUT2D eigenvalue weighted by Gasteiger charge is -2.12. The predicted molar refractivity (Wildman–Crippen MR) is 112 cm³/mol. The minimum atomic E-state index is -0.917. The van der Waals surface area contributed by atoms with Gasteiger partial charge in [-0.05, 0) is 40.2 Å². The lowest BCUT2D eigenvalue weighted by Crippen LogP contribution is -2.12. The first-order chi connectivity index (χ1) is 13.8. The molecule has 0 aliphatic rings. The number of rotatable bonds is 2. The summed E-state index contributed by atoms with van der Waals surface area (Å²) in [5.74, 6) is -2.28. The van der Waals surface area contributed by atoms with Crippen molar-refractivity contribution in [3.63, 3.8) is 0 Å². The van der Waals surface area contributed by atoms with Gasteiger partial charge in [-0.1, -0.05) is 29.3 Å². The van der Waals surface area contributed by atoms with Gasteiger partial charge in [0.25, 0.3) is 5.91 Å². The fourth-order valence-corrected chi connectivity index (χ4v) is 4.07. The molecule has 2 N–H and O–H groups in total. The van der Waals surface area contributed by atoms with Crippen LogP contribution in [0, 0.1) is 17.7 Å². The van der Waals surface area contributed by atoms with Crippen molar-refractivity contribution >= 4 is 61.8 Å². The molecule has 4 nitrogen and oxygen atoms in total. The Morgan fingerprint density at radius 1 is 1.14 bits per heavy atom. The predicted octanol–water partition coefficient (Wildman–Crippen LogP) is 6.12. The molecule has 0 saturated carbocycles. The van der Waals surface area contributed by atoms with Crippen molar-refractivity contribution in [1.82, 2.24) is 9.55 Å². The molecular weight excluding hydrogens is 487 g/mol. The number of fused-ring (bicyclic) bond motifs is 1. The number of anilines is 1. The van der Waals surface area contributed by atoms with Gasteiger partial charge in [-0.2, -0.15) is 0 Å². The van der Waals surface area contributed by atoms with Crippen LogP contribution in [0.25, 0.3) is 22.2 Å². The van der Waals surface area contributed by atoms with Gasteiger partial charge < -0.3 is 5.73 Å². The smallest absolute Gasteiger partial charge is 0.266 e. The Bertz CT molecular complexity index is 1290. The van der Waals surface area contributed by atoms with Gasteiger partial charge >= 0.3 is 0 Å². The van der Waals surface area contributed by atoms with Gasteiger partial charge in [-0.3, -0.25) is 9.36 Å². The summed E-state index contributed by atoms with van der Waals surface area (Å²) in [5.41, 5.74) is 5.40. The molecule has 0 amide bonds. The van der Waals surface area contributed by atoms with Crippen LogP contribution in [0.3, 0.4) is 0 Å². The van der Waals surface area contributed by atoms with E-state index in [1.165, 1.54) is 29.1 Å². The van der Waals surface area contributed by atoms with Gasteiger partial charge in [-0.15, -0.1) is 0 Å². The molecule has 0 unspecified atom stereocenters. The van der Waals surface area contributed by atoms with Crippen LogP contribution in [0.15, 0.2) is 47.2 Å². The summed E-state index contributed by atoms with van der Waals surface area (Å²) in [5, 5.41) is 0.545. The number of nitrogens with zero attached hydrogens (tertiary/aromatic N) is 2. The van der Waals surface area contributed by atoms with Crippen LogP contribution in [0.4, 0.5) is 14.5 Å². The molecule has 0 aliphatic carbocycles. The van der Waals surface area contributed by atoms with Crippen molar-refractivity contribution in [2.45, 2.75) is 0 Å². The van der Waals surface area contributed by atoms with Gasteiger partial charge in [0.2, 0.25) is 0 Å². The monoisotopic (exact) mass is 494 g/mol. The summed E-state index contributed by atoms with van der Waals surface area (Å²) in [7, 11) is 0. The highest BCUT2D eigenvalue weighted by Gasteiger charge is 2.24. The van der Waals surface area contributed by atoms with Crippen LogP contribution in [-0.4, -0.2) is 15.5 Å². The first-order valence-electron chi connectivity index (χ1n) is 8.11. The van der Waals surface area contributed by atoms with Crippen LogP contribution >= 0.6 is 39.1 Å². The highest BCUT2D eigenvalue weighted by atomic mass is 79.9. The molecular formula is C20H9BrCl2F2N3O. The third-order valence-electron chi connectivity index (χ3n) is 4.35. The minimum Gasteiger partial charge on any atom is -0.396 e. The molecule has 145 valence electrons. The Balaban J connectivity index is 1.99. The molecule has 0 atom stereocenters. The maximum atomic E-state index is 14.7. The van der Waals surface area contributed by atoms with Crippen LogP contribution in [0.1, 0.15) is 10.4 Å². The number of hydrogen-bond acceptors (Lipinski definition) is 3. The summed E-state index contributed by atoms with van der Waals surface area (Å²) in [4.78, 5) is 17.3. The lowest BCUT2D eigenvalue weighted by molar-refractivity contribution is 0.0964. The fraction of sp³-hybridized carbons (Fsp3) is 0. The molecule has 0 spiro atoms. The highest BCUT2D eigenvalue weighted by molar-refractivity contribution is 9.10. The summed E-state index contributed by atoms with van der Waals surface area (Å²) in [6.07, 6.45) is 2.66. The molecule has 0 saturated heterocycles. The van der Waals surface area contributed by atoms with Crippen LogP contribution in [0.5, 0.6) is 0 Å². The summed E-state index contributed by atoms with van der Waals surface area (Å²) >= 11 is 15.5. The molecule has 2 aromatic heterocycles. The quantitative estimate of drug-likeness (QED) is 0.341. The number of carbonyl (C=O) groups is 1. The van der Waals surface area contributed by atoms with Crippen molar-refractivity contribution in [3.05, 3.63) is 80.5 Å². The van der Waals surface area contributed by atoms with E-state index in [0.29, 0.717) is 4.47 Å². The normalized spacial score (nSPS) is 11.2. The second-order valence-corrected chi connectivity index (χ2v) is 7.72. The van der Waals surface area contributed by atoms with Crippen LogP contribution in [0.2, 0.25) is 10.0 Å². The second kappa shape index (κ2) is 7.40. The first-order valence-corrected chi connectivity index (χ1v) is 9.66.